The van der Waals surface area contributed by atoms with Crippen LogP contribution in [0.1, 0.15) is 0 Å². The van der Waals surface area contributed by atoms with E-state index >= 15 is 0 Å². The van der Waals surface area contributed by atoms with Gasteiger partial charge in [0.25, 0.3) is 0 Å². The molecule has 10 heavy (non-hydrogen) atoms. The van der Waals surface area contributed by atoms with Gasteiger partial charge in [0.2, 0.25) is 0 Å². The van der Waals surface area contributed by atoms with Crippen molar-refractivity contribution in [1.82, 2.24) is 0 Å². The average molecular weight is 144 g/mol. The second-order valence-electron chi connectivity index (χ2n) is 1.60. The van der Waals surface area contributed by atoms with Crippen LogP contribution in [0.2, 0.25) is 0 Å². The monoisotopic (exact) mass is 144 g/mol. The van der Waals surface area contributed by atoms with Crippen molar-refractivity contribution in [1.29, 1.82) is 0 Å². The van der Waals surface area contributed by atoms with E-state index in [-0.39, 0.29) is 0 Å². The molecule has 0 aromatic carbocycles. The second-order valence-corrected chi connectivity index (χ2v) is 1.60. The van der Waals surface area contributed by atoms with Crippen LogP contribution in [-0.4, -0.2) is 17.6 Å². The summed E-state index contributed by atoms with van der Waals surface area (Å²) in [5.41, 5.74) is 0.394. The molecule has 1 aromatic heterocycles. The third-order valence-corrected chi connectivity index (χ3v) is 1.01. The molecule has 1 aromatic rings. The number of rotatable bonds is 3. The maximum absolute atomic E-state index is 8.07. The highest BCUT2D eigenvalue weighted by atomic mass is 17.2. The Morgan fingerprint density at radius 1 is 1.40 bits per heavy atom. The Balaban J connectivity index is 2.64. The van der Waals surface area contributed by atoms with E-state index in [0.29, 0.717) is 5.46 Å². The van der Waals surface area contributed by atoms with Crippen LogP contribution in [0.5, 0.6) is 0 Å². The average Bonchev–Trinajstić information content (AvgIpc) is 2.43. The van der Waals surface area contributed by atoms with Crippen LogP contribution in [-0.2, 0) is 9.61 Å². The van der Waals surface area contributed by atoms with Crippen molar-refractivity contribution in [2.75, 3.05) is 0 Å². The van der Waals surface area contributed by atoms with Gasteiger partial charge in [-0.05, 0) is 6.07 Å². The summed E-state index contributed by atoms with van der Waals surface area (Å²) < 4.78 is 4.62. The first-order chi connectivity index (χ1) is 4.88. The first kappa shape index (κ1) is 7.29. The van der Waals surface area contributed by atoms with Crippen LogP contribution < -0.4 is 5.46 Å². The second kappa shape index (κ2) is 3.38. The molecule has 0 spiro atoms. The summed E-state index contributed by atoms with van der Waals surface area (Å²) in [5.74, 6) is 0. The zero-order chi connectivity index (χ0) is 7.40. The quantitative estimate of drug-likeness (QED) is 0.353. The van der Waals surface area contributed by atoms with E-state index in [2.05, 4.69) is 14.0 Å². The molecule has 0 saturated carbocycles. The van der Waals surface area contributed by atoms with Crippen molar-refractivity contribution >= 4 is 12.6 Å². The molecule has 0 aliphatic rings. The molecule has 1 heterocycles. The minimum atomic E-state index is -1.20. The topological polar surface area (TPSA) is 72.1 Å². The van der Waals surface area contributed by atoms with Gasteiger partial charge < -0.3 is 4.42 Å². The van der Waals surface area contributed by atoms with Crippen LogP contribution in [0.25, 0.3) is 0 Å². The summed E-state index contributed by atoms with van der Waals surface area (Å²) in [6.07, 6.45) is 2.64. The first-order valence-electron chi connectivity index (χ1n) is 2.51. The van der Waals surface area contributed by atoms with E-state index in [1.54, 1.807) is 0 Å². The van der Waals surface area contributed by atoms with Crippen LogP contribution in [0.15, 0.2) is 23.0 Å². The molecule has 0 fully saturated rings. The molecule has 0 aliphatic carbocycles. The van der Waals surface area contributed by atoms with Crippen LogP contribution in [0, 0.1) is 0 Å². The molecule has 1 rings (SSSR count). The molecule has 0 amide bonds. The lowest BCUT2D eigenvalue weighted by atomic mass is 9.82. The standard InChI is InChI=1S/C4H5BO5/c6-9-5(10-7)4-1-2-8-3-4/h1-3,6-7H. The van der Waals surface area contributed by atoms with Gasteiger partial charge >= 0.3 is 7.12 Å². The number of hydrogen-bond donors (Lipinski definition) is 2. The largest absolute Gasteiger partial charge is 0.557 e. The normalized spacial score (nSPS) is 9.80. The third-order valence-electron chi connectivity index (χ3n) is 1.01. The highest BCUT2D eigenvalue weighted by molar-refractivity contribution is 6.60. The van der Waals surface area contributed by atoms with Gasteiger partial charge in [-0.25, -0.2) is 0 Å². The van der Waals surface area contributed by atoms with Gasteiger partial charge in [0, 0.05) is 5.46 Å². The lowest BCUT2D eigenvalue weighted by Gasteiger charge is -1.98. The zero-order valence-electron chi connectivity index (χ0n) is 4.93. The fraction of sp³-hybridized carbons (Fsp3) is 0. The van der Waals surface area contributed by atoms with E-state index < -0.39 is 7.12 Å². The third kappa shape index (κ3) is 1.37. The predicted octanol–water partition coefficient (Wildman–Crippen LogP) is -0.0460. The Labute approximate surface area is 56.8 Å². The highest BCUT2D eigenvalue weighted by Gasteiger charge is 2.22. The summed E-state index contributed by atoms with van der Waals surface area (Å²) in [7, 11) is -1.20. The fourth-order valence-electron chi connectivity index (χ4n) is 0.550. The van der Waals surface area contributed by atoms with Crippen molar-refractivity contribution in [2.24, 2.45) is 0 Å². The molecule has 54 valence electrons. The maximum Gasteiger partial charge on any atom is 0.557 e. The highest BCUT2D eigenvalue weighted by Crippen LogP contribution is 1.89. The number of furan rings is 1. The summed E-state index contributed by atoms with van der Waals surface area (Å²) in [5, 5.41) is 16.1. The van der Waals surface area contributed by atoms with Gasteiger partial charge in [-0.15, -0.1) is 0 Å². The molecule has 5 nitrogen and oxygen atoms in total. The number of hydrogen-bond acceptors (Lipinski definition) is 5. The summed E-state index contributed by atoms with van der Waals surface area (Å²) in [6, 6.07) is 1.48. The molecule has 6 heteroatoms. The van der Waals surface area contributed by atoms with E-state index in [1.807, 2.05) is 0 Å². The summed E-state index contributed by atoms with van der Waals surface area (Å²) in [6.45, 7) is 0. The van der Waals surface area contributed by atoms with Gasteiger partial charge in [-0.1, -0.05) is 0 Å². The van der Waals surface area contributed by atoms with E-state index in [0.717, 1.165) is 0 Å². The van der Waals surface area contributed by atoms with Crippen molar-refractivity contribution in [3.63, 3.8) is 0 Å². The van der Waals surface area contributed by atoms with E-state index in [9.17, 15) is 0 Å². The minimum Gasteiger partial charge on any atom is -0.473 e. The molecule has 0 radical (unpaired) electrons. The molecular formula is C4H5BO5. The Hall–Kier alpha value is -0.815. The van der Waals surface area contributed by atoms with Gasteiger partial charge in [0.1, 0.15) is 0 Å². The van der Waals surface area contributed by atoms with E-state index in [4.69, 9.17) is 10.5 Å². The fourth-order valence-corrected chi connectivity index (χ4v) is 0.550. The summed E-state index contributed by atoms with van der Waals surface area (Å²) in [4.78, 5) is 7.42. The minimum absolute atomic E-state index is 0.394. The van der Waals surface area contributed by atoms with Crippen molar-refractivity contribution < 1.29 is 24.5 Å². The SMILES string of the molecule is OOB(OO)c1ccoc1. The molecule has 2 N–H and O–H groups in total. The lowest BCUT2D eigenvalue weighted by molar-refractivity contribution is -0.221. The molecule has 0 unspecified atom stereocenters. The molecule has 0 bridgehead atoms. The van der Waals surface area contributed by atoms with Gasteiger partial charge in [0.15, 0.2) is 0 Å². The first-order valence-corrected chi connectivity index (χ1v) is 2.51. The Morgan fingerprint density at radius 2 is 2.10 bits per heavy atom. The van der Waals surface area contributed by atoms with Gasteiger partial charge in [-0.3, -0.25) is 20.1 Å². The zero-order valence-corrected chi connectivity index (χ0v) is 4.93. The molecular weight excluding hydrogens is 139 g/mol. The van der Waals surface area contributed by atoms with Crippen LogP contribution >= 0.6 is 0 Å². The van der Waals surface area contributed by atoms with Crippen LogP contribution in [0.3, 0.4) is 0 Å². The predicted molar refractivity (Wildman–Crippen MR) is 31.5 cm³/mol. The van der Waals surface area contributed by atoms with E-state index in [1.165, 1.54) is 18.6 Å². The van der Waals surface area contributed by atoms with Gasteiger partial charge in [0.05, 0.1) is 12.5 Å². The van der Waals surface area contributed by atoms with Crippen molar-refractivity contribution in [2.45, 2.75) is 0 Å². The Kier molecular flexibility index (Phi) is 2.46. The Morgan fingerprint density at radius 3 is 2.50 bits per heavy atom. The smallest absolute Gasteiger partial charge is 0.473 e. The molecule has 0 atom stereocenters. The molecule has 0 saturated heterocycles. The van der Waals surface area contributed by atoms with Crippen molar-refractivity contribution in [3.05, 3.63) is 18.6 Å². The Bertz CT molecular complexity index is 170. The van der Waals surface area contributed by atoms with Crippen LogP contribution in [0.4, 0.5) is 0 Å². The molecule has 0 aliphatic heterocycles. The van der Waals surface area contributed by atoms with Gasteiger partial charge in [-0.2, -0.15) is 0 Å². The summed E-state index contributed by atoms with van der Waals surface area (Å²) >= 11 is 0. The van der Waals surface area contributed by atoms with Crippen molar-refractivity contribution in [3.8, 4) is 0 Å². The lowest BCUT2D eigenvalue weighted by Crippen LogP contribution is -2.33. The maximum atomic E-state index is 8.07.